The molecule has 1 heterocycles. The Balaban J connectivity index is 2.78. The van der Waals surface area contributed by atoms with Gasteiger partial charge in [0.05, 0.1) is 0 Å². The highest BCUT2D eigenvalue weighted by Gasteiger charge is 2.08. The molecule has 1 atom stereocenters. The first kappa shape index (κ1) is 14.2. The number of nitrogens with two attached hydrogens (primary N) is 1. The van der Waals surface area contributed by atoms with Crippen molar-refractivity contribution in [1.29, 1.82) is 0 Å². The van der Waals surface area contributed by atoms with Crippen LogP contribution in [-0.4, -0.2) is 30.2 Å². The SMILES string of the molecule is CCC(N)Cn1cccc(OCC(=O)NC)c1=O. The van der Waals surface area contributed by atoms with Crippen molar-refractivity contribution in [1.82, 2.24) is 9.88 Å². The summed E-state index contributed by atoms with van der Waals surface area (Å²) in [6.07, 6.45) is 2.44. The van der Waals surface area contributed by atoms with Crippen LogP contribution in [0.25, 0.3) is 0 Å². The number of nitrogens with zero attached hydrogens (tertiary/aromatic N) is 1. The van der Waals surface area contributed by atoms with Gasteiger partial charge in [-0.15, -0.1) is 0 Å². The second-order valence-corrected chi connectivity index (χ2v) is 3.96. The number of amides is 1. The normalized spacial score (nSPS) is 11.9. The standard InChI is InChI=1S/C12H19N3O3/c1-3-9(13)7-15-6-4-5-10(12(15)17)18-8-11(16)14-2/h4-6,9H,3,7-8,13H2,1-2H3,(H,14,16). The quantitative estimate of drug-likeness (QED) is 0.729. The summed E-state index contributed by atoms with van der Waals surface area (Å²) in [6, 6.07) is 3.17. The number of ether oxygens (including phenoxy) is 1. The van der Waals surface area contributed by atoms with Gasteiger partial charge in [0.15, 0.2) is 12.4 Å². The Morgan fingerprint density at radius 3 is 2.94 bits per heavy atom. The molecule has 3 N–H and O–H groups in total. The number of hydrogen-bond acceptors (Lipinski definition) is 4. The maximum atomic E-state index is 12.0. The third kappa shape index (κ3) is 3.89. The molecule has 0 aliphatic rings. The number of pyridine rings is 1. The Kier molecular flexibility index (Phi) is 5.38. The first-order chi connectivity index (χ1) is 8.58. The molecule has 0 radical (unpaired) electrons. The minimum absolute atomic E-state index is 0.0723. The molecule has 18 heavy (non-hydrogen) atoms. The third-order valence-corrected chi connectivity index (χ3v) is 2.58. The predicted octanol–water partition coefficient (Wildman–Crippen LogP) is -0.290. The maximum absolute atomic E-state index is 12.0. The van der Waals surface area contributed by atoms with Crippen LogP contribution >= 0.6 is 0 Å². The Morgan fingerprint density at radius 1 is 1.61 bits per heavy atom. The highest BCUT2D eigenvalue weighted by atomic mass is 16.5. The molecule has 0 aliphatic carbocycles. The van der Waals surface area contributed by atoms with E-state index in [1.807, 2.05) is 6.92 Å². The summed E-state index contributed by atoms with van der Waals surface area (Å²) in [5.74, 6) is -0.125. The van der Waals surface area contributed by atoms with Crippen molar-refractivity contribution in [3.8, 4) is 5.75 Å². The Labute approximate surface area is 106 Å². The highest BCUT2D eigenvalue weighted by molar-refractivity contribution is 5.77. The number of carbonyl (C=O) groups excluding carboxylic acids is 1. The van der Waals surface area contributed by atoms with E-state index in [4.69, 9.17) is 10.5 Å². The van der Waals surface area contributed by atoms with Crippen molar-refractivity contribution in [3.63, 3.8) is 0 Å². The maximum Gasteiger partial charge on any atom is 0.292 e. The topological polar surface area (TPSA) is 86.3 Å². The van der Waals surface area contributed by atoms with E-state index in [1.54, 1.807) is 18.3 Å². The fourth-order valence-electron chi connectivity index (χ4n) is 1.37. The van der Waals surface area contributed by atoms with Crippen LogP contribution in [0.2, 0.25) is 0 Å². The summed E-state index contributed by atoms with van der Waals surface area (Å²) < 4.78 is 6.65. The van der Waals surface area contributed by atoms with E-state index >= 15 is 0 Å². The van der Waals surface area contributed by atoms with Gasteiger partial charge in [0.25, 0.3) is 11.5 Å². The Hall–Kier alpha value is -1.82. The van der Waals surface area contributed by atoms with E-state index in [1.165, 1.54) is 11.6 Å². The van der Waals surface area contributed by atoms with Crippen LogP contribution in [0, 0.1) is 0 Å². The minimum Gasteiger partial charge on any atom is -0.478 e. The molecule has 0 aliphatic heterocycles. The van der Waals surface area contributed by atoms with Gasteiger partial charge >= 0.3 is 0 Å². The third-order valence-electron chi connectivity index (χ3n) is 2.58. The Bertz CT molecular complexity index is 456. The van der Waals surface area contributed by atoms with E-state index in [0.29, 0.717) is 6.54 Å². The molecule has 1 unspecified atom stereocenters. The average molecular weight is 253 g/mol. The molecule has 0 saturated heterocycles. The summed E-state index contributed by atoms with van der Waals surface area (Å²) in [5, 5.41) is 2.42. The van der Waals surface area contributed by atoms with Gasteiger partial charge in [0, 0.05) is 25.8 Å². The molecule has 0 spiro atoms. The van der Waals surface area contributed by atoms with Crippen molar-refractivity contribution in [3.05, 3.63) is 28.7 Å². The van der Waals surface area contributed by atoms with Crippen LogP contribution in [0.5, 0.6) is 5.75 Å². The monoisotopic (exact) mass is 253 g/mol. The molecule has 0 saturated carbocycles. The fourth-order valence-corrected chi connectivity index (χ4v) is 1.37. The van der Waals surface area contributed by atoms with Crippen molar-refractivity contribution in [2.45, 2.75) is 25.9 Å². The Morgan fingerprint density at radius 2 is 2.33 bits per heavy atom. The lowest BCUT2D eigenvalue weighted by molar-refractivity contribution is -0.122. The van der Waals surface area contributed by atoms with E-state index in [9.17, 15) is 9.59 Å². The number of carbonyl (C=O) groups is 1. The van der Waals surface area contributed by atoms with E-state index in [2.05, 4.69) is 5.32 Å². The van der Waals surface area contributed by atoms with Crippen LogP contribution < -0.4 is 21.3 Å². The lowest BCUT2D eigenvalue weighted by atomic mass is 10.2. The molecule has 1 aromatic rings. The molecule has 1 amide bonds. The van der Waals surface area contributed by atoms with Crippen molar-refractivity contribution in [2.75, 3.05) is 13.7 Å². The van der Waals surface area contributed by atoms with Crippen molar-refractivity contribution < 1.29 is 9.53 Å². The predicted molar refractivity (Wildman–Crippen MR) is 68.5 cm³/mol. The first-order valence-electron chi connectivity index (χ1n) is 5.86. The van der Waals surface area contributed by atoms with Gasteiger partial charge in [0.2, 0.25) is 0 Å². The smallest absolute Gasteiger partial charge is 0.292 e. The van der Waals surface area contributed by atoms with Crippen LogP contribution in [-0.2, 0) is 11.3 Å². The molecule has 1 rings (SSSR count). The minimum atomic E-state index is -0.282. The summed E-state index contributed by atoms with van der Waals surface area (Å²) in [7, 11) is 1.51. The van der Waals surface area contributed by atoms with Crippen molar-refractivity contribution in [2.24, 2.45) is 5.73 Å². The average Bonchev–Trinajstić information content (AvgIpc) is 2.39. The van der Waals surface area contributed by atoms with Crippen molar-refractivity contribution >= 4 is 5.91 Å². The molecule has 0 fully saturated rings. The molecule has 6 nitrogen and oxygen atoms in total. The lowest BCUT2D eigenvalue weighted by Gasteiger charge is -2.12. The molecule has 100 valence electrons. The van der Waals surface area contributed by atoms with Gasteiger partial charge < -0.3 is 20.4 Å². The summed E-state index contributed by atoms with van der Waals surface area (Å²) in [5.41, 5.74) is 5.53. The zero-order valence-corrected chi connectivity index (χ0v) is 10.7. The highest BCUT2D eigenvalue weighted by Crippen LogP contribution is 2.02. The number of rotatable bonds is 6. The van der Waals surface area contributed by atoms with E-state index in [-0.39, 0.29) is 29.9 Å². The molecule has 1 aromatic heterocycles. The molecular weight excluding hydrogens is 234 g/mol. The summed E-state index contributed by atoms with van der Waals surface area (Å²) in [6.45, 7) is 2.23. The van der Waals surface area contributed by atoms with Gasteiger partial charge in [-0.05, 0) is 18.6 Å². The first-order valence-corrected chi connectivity index (χ1v) is 5.86. The van der Waals surface area contributed by atoms with Gasteiger partial charge in [-0.2, -0.15) is 0 Å². The van der Waals surface area contributed by atoms with Crippen LogP contribution in [0.1, 0.15) is 13.3 Å². The molecule has 6 heteroatoms. The van der Waals surface area contributed by atoms with Crippen LogP contribution in [0.15, 0.2) is 23.1 Å². The summed E-state index contributed by atoms with van der Waals surface area (Å²) >= 11 is 0. The van der Waals surface area contributed by atoms with E-state index in [0.717, 1.165) is 6.42 Å². The fraction of sp³-hybridized carbons (Fsp3) is 0.500. The number of aromatic nitrogens is 1. The number of hydrogen-bond donors (Lipinski definition) is 2. The largest absolute Gasteiger partial charge is 0.478 e. The lowest BCUT2D eigenvalue weighted by Crippen LogP contribution is -2.32. The number of nitrogens with one attached hydrogen (secondary N) is 1. The zero-order chi connectivity index (χ0) is 13.5. The van der Waals surface area contributed by atoms with Gasteiger partial charge in [0.1, 0.15) is 0 Å². The molecule has 0 bridgehead atoms. The van der Waals surface area contributed by atoms with Crippen LogP contribution in [0.3, 0.4) is 0 Å². The van der Waals surface area contributed by atoms with Gasteiger partial charge in [-0.25, -0.2) is 0 Å². The summed E-state index contributed by atoms with van der Waals surface area (Å²) in [4.78, 5) is 23.0. The zero-order valence-electron chi connectivity index (χ0n) is 10.7. The second-order valence-electron chi connectivity index (χ2n) is 3.96. The van der Waals surface area contributed by atoms with E-state index < -0.39 is 0 Å². The molecule has 0 aromatic carbocycles. The van der Waals surface area contributed by atoms with Crippen LogP contribution in [0.4, 0.5) is 0 Å². The van der Waals surface area contributed by atoms with Gasteiger partial charge in [-0.1, -0.05) is 6.92 Å². The van der Waals surface area contributed by atoms with Gasteiger partial charge in [-0.3, -0.25) is 9.59 Å². The molecular formula is C12H19N3O3. The number of likely N-dealkylation sites (N-methyl/N-ethyl adjacent to an activating group) is 1. The second kappa shape index (κ2) is 6.80.